The van der Waals surface area contributed by atoms with E-state index >= 15 is 0 Å². The van der Waals surface area contributed by atoms with Gasteiger partial charge in [-0.3, -0.25) is 0 Å². The molecule has 0 saturated carbocycles. The van der Waals surface area contributed by atoms with Crippen molar-refractivity contribution in [2.24, 2.45) is 0 Å². The monoisotopic (exact) mass is 325 g/mol. The fraction of sp³-hybridized carbons (Fsp3) is 0.222. The zero-order chi connectivity index (χ0) is 17.2. The molecule has 0 bridgehead atoms. The van der Waals surface area contributed by atoms with E-state index in [0.29, 0.717) is 22.7 Å². The van der Waals surface area contributed by atoms with Gasteiger partial charge in [0.2, 0.25) is 0 Å². The molecule has 0 radical (unpaired) electrons. The molecular weight excluding hydrogens is 306 g/mol. The molecule has 6 heteroatoms. The third-order valence-electron chi connectivity index (χ3n) is 3.74. The number of urea groups is 1. The first-order valence-corrected chi connectivity index (χ1v) is 7.64. The molecule has 6 nitrogen and oxygen atoms in total. The molecule has 3 aromatic rings. The number of nitrogens with one attached hydrogen (secondary N) is 2. The van der Waals surface area contributed by atoms with Crippen LogP contribution < -0.4 is 10.6 Å². The first kappa shape index (κ1) is 16.0. The minimum Gasteiger partial charge on any atom is -0.441 e. The van der Waals surface area contributed by atoms with Crippen molar-refractivity contribution in [3.05, 3.63) is 60.0 Å². The second kappa shape index (κ2) is 6.33. The van der Waals surface area contributed by atoms with Gasteiger partial charge < -0.3 is 20.2 Å². The molecule has 1 atom stereocenters. The van der Waals surface area contributed by atoms with E-state index in [2.05, 4.69) is 15.6 Å². The van der Waals surface area contributed by atoms with Gasteiger partial charge >= 0.3 is 6.03 Å². The number of anilines is 1. The van der Waals surface area contributed by atoms with Gasteiger partial charge in [0.05, 0.1) is 6.54 Å². The zero-order valence-corrected chi connectivity index (χ0v) is 13.5. The van der Waals surface area contributed by atoms with Crippen LogP contribution in [0.25, 0.3) is 11.1 Å². The highest BCUT2D eigenvalue weighted by Gasteiger charge is 2.23. The van der Waals surface area contributed by atoms with Crippen LogP contribution in [0.3, 0.4) is 0 Å². The maximum Gasteiger partial charge on any atom is 0.319 e. The number of hydrogen-bond acceptors (Lipinski definition) is 4. The minimum atomic E-state index is -1.15. The van der Waals surface area contributed by atoms with Gasteiger partial charge in [0, 0.05) is 12.6 Å². The first-order valence-electron chi connectivity index (χ1n) is 7.64. The van der Waals surface area contributed by atoms with Gasteiger partial charge in [0.25, 0.3) is 0 Å². The zero-order valence-electron chi connectivity index (χ0n) is 13.5. The number of aryl methyl sites for hydroxylation is 1. The maximum absolute atomic E-state index is 12.1. The molecule has 3 N–H and O–H groups in total. The van der Waals surface area contributed by atoms with Crippen LogP contribution in [0.5, 0.6) is 0 Å². The van der Waals surface area contributed by atoms with Gasteiger partial charge in [-0.25, -0.2) is 9.78 Å². The third-order valence-corrected chi connectivity index (χ3v) is 3.74. The van der Waals surface area contributed by atoms with Gasteiger partial charge in [-0.05, 0) is 30.7 Å². The Morgan fingerprint density at radius 2 is 2.00 bits per heavy atom. The number of fused-ring (bicyclic) bond motifs is 1. The number of nitrogens with zero attached hydrogens (tertiary/aromatic N) is 1. The number of aliphatic hydroxyl groups is 1. The van der Waals surface area contributed by atoms with Crippen molar-refractivity contribution >= 4 is 22.8 Å². The molecule has 0 saturated heterocycles. The highest BCUT2D eigenvalue weighted by molar-refractivity contribution is 5.91. The van der Waals surface area contributed by atoms with E-state index in [-0.39, 0.29) is 6.54 Å². The van der Waals surface area contributed by atoms with E-state index in [0.717, 1.165) is 5.56 Å². The van der Waals surface area contributed by atoms with Crippen molar-refractivity contribution in [2.75, 3.05) is 11.9 Å². The van der Waals surface area contributed by atoms with Crippen molar-refractivity contribution in [1.82, 2.24) is 10.3 Å². The average Bonchev–Trinajstić information content (AvgIpc) is 2.93. The number of carbonyl (C=O) groups excluding carboxylic acids is 1. The number of aromatic nitrogens is 1. The number of amides is 2. The smallest absolute Gasteiger partial charge is 0.319 e. The summed E-state index contributed by atoms with van der Waals surface area (Å²) in [5.41, 5.74) is 1.55. The topological polar surface area (TPSA) is 87.4 Å². The predicted molar refractivity (Wildman–Crippen MR) is 91.8 cm³/mol. The van der Waals surface area contributed by atoms with E-state index in [1.165, 1.54) is 0 Å². The molecule has 24 heavy (non-hydrogen) atoms. The van der Waals surface area contributed by atoms with Crippen molar-refractivity contribution in [3.8, 4) is 0 Å². The third kappa shape index (κ3) is 3.55. The molecule has 3 rings (SSSR count). The molecule has 1 heterocycles. The summed E-state index contributed by atoms with van der Waals surface area (Å²) >= 11 is 0. The van der Waals surface area contributed by atoms with Gasteiger partial charge in [-0.15, -0.1) is 0 Å². The molecule has 0 aliphatic heterocycles. The average molecular weight is 325 g/mol. The van der Waals surface area contributed by atoms with Crippen LogP contribution in [0.15, 0.2) is 52.9 Å². The largest absolute Gasteiger partial charge is 0.441 e. The molecule has 2 amide bonds. The summed E-state index contributed by atoms with van der Waals surface area (Å²) in [6.45, 7) is 3.52. The summed E-state index contributed by atoms with van der Waals surface area (Å²) in [6, 6.07) is 14.0. The summed E-state index contributed by atoms with van der Waals surface area (Å²) in [6.07, 6.45) is 0. The number of carbonyl (C=O) groups is 1. The van der Waals surface area contributed by atoms with E-state index in [9.17, 15) is 9.90 Å². The van der Waals surface area contributed by atoms with E-state index < -0.39 is 11.6 Å². The summed E-state index contributed by atoms with van der Waals surface area (Å²) in [4.78, 5) is 16.3. The molecule has 1 aromatic heterocycles. The fourth-order valence-electron chi connectivity index (χ4n) is 2.45. The van der Waals surface area contributed by atoms with Crippen molar-refractivity contribution in [1.29, 1.82) is 0 Å². The molecule has 1 unspecified atom stereocenters. The van der Waals surface area contributed by atoms with Gasteiger partial charge in [-0.2, -0.15) is 0 Å². The first-order chi connectivity index (χ1) is 11.4. The summed E-state index contributed by atoms with van der Waals surface area (Å²) < 4.78 is 5.40. The second-order valence-corrected chi connectivity index (χ2v) is 5.86. The van der Waals surface area contributed by atoms with Crippen LogP contribution in [0.1, 0.15) is 18.4 Å². The molecule has 0 fully saturated rings. The van der Waals surface area contributed by atoms with Crippen LogP contribution in [0.2, 0.25) is 0 Å². The SMILES string of the molecule is Cc1nc2cc(NC(=O)NCC(C)(O)c3ccccc3)ccc2o1. The Kier molecular flexibility index (Phi) is 4.22. The van der Waals surface area contributed by atoms with Crippen LogP contribution in [0.4, 0.5) is 10.5 Å². The maximum atomic E-state index is 12.1. The van der Waals surface area contributed by atoms with Gasteiger partial charge in [-0.1, -0.05) is 30.3 Å². The lowest BCUT2D eigenvalue weighted by atomic mass is 9.96. The van der Waals surface area contributed by atoms with Gasteiger partial charge in [0.15, 0.2) is 11.5 Å². The highest BCUT2D eigenvalue weighted by Crippen LogP contribution is 2.20. The fourth-order valence-corrected chi connectivity index (χ4v) is 2.45. The highest BCUT2D eigenvalue weighted by atomic mass is 16.3. The van der Waals surface area contributed by atoms with Crippen LogP contribution in [-0.4, -0.2) is 22.7 Å². The summed E-state index contributed by atoms with van der Waals surface area (Å²) in [5.74, 6) is 0.575. The van der Waals surface area contributed by atoms with Crippen molar-refractivity contribution < 1.29 is 14.3 Å². The molecule has 2 aromatic carbocycles. The number of oxazole rings is 1. The van der Waals surface area contributed by atoms with Crippen LogP contribution in [0, 0.1) is 6.92 Å². The Labute approximate surface area is 139 Å². The Morgan fingerprint density at radius 1 is 1.25 bits per heavy atom. The minimum absolute atomic E-state index is 0.0914. The Balaban J connectivity index is 1.62. The lowest BCUT2D eigenvalue weighted by molar-refractivity contribution is 0.0599. The predicted octanol–water partition coefficient (Wildman–Crippen LogP) is 3.17. The molecular formula is C18H19N3O3. The van der Waals surface area contributed by atoms with Crippen molar-refractivity contribution in [3.63, 3.8) is 0 Å². The standard InChI is InChI=1S/C18H19N3O3/c1-12-20-15-10-14(8-9-16(15)24-12)21-17(22)19-11-18(2,23)13-6-4-3-5-7-13/h3-10,23H,11H2,1-2H3,(H2,19,21,22). The Bertz CT molecular complexity index is 856. The summed E-state index contributed by atoms with van der Waals surface area (Å²) in [7, 11) is 0. The lowest BCUT2D eigenvalue weighted by Crippen LogP contribution is -2.40. The van der Waals surface area contributed by atoms with Crippen LogP contribution >= 0.6 is 0 Å². The molecule has 0 aliphatic carbocycles. The second-order valence-electron chi connectivity index (χ2n) is 5.86. The van der Waals surface area contributed by atoms with E-state index in [1.807, 2.05) is 30.3 Å². The number of benzene rings is 2. The quantitative estimate of drug-likeness (QED) is 0.687. The van der Waals surface area contributed by atoms with E-state index in [4.69, 9.17) is 4.42 Å². The molecule has 124 valence electrons. The molecule has 0 spiro atoms. The lowest BCUT2D eigenvalue weighted by Gasteiger charge is -2.24. The van der Waals surface area contributed by atoms with Gasteiger partial charge in [0.1, 0.15) is 11.1 Å². The Hall–Kier alpha value is -2.86. The summed E-state index contributed by atoms with van der Waals surface area (Å²) in [5, 5.41) is 15.9. The number of rotatable bonds is 4. The normalized spacial score (nSPS) is 13.5. The number of hydrogen-bond donors (Lipinski definition) is 3. The Morgan fingerprint density at radius 3 is 2.75 bits per heavy atom. The van der Waals surface area contributed by atoms with Crippen molar-refractivity contribution in [2.45, 2.75) is 19.4 Å². The molecule has 0 aliphatic rings. The van der Waals surface area contributed by atoms with E-state index in [1.54, 1.807) is 32.0 Å². The van der Waals surface area contributed by atoms with Crippen LogP contribution in [-0.2, 0) is 5.60 Å².